The fraction of sp³-hybridized carbons (Fsp3) is 0.100. The number of rotatable bonds is 4. The van der Waals surface area contributed by atoms with Crippen molar-refractivity contribution in [3.8, 4) is 0 Å². The van der Waals surface area contributed by atoms with Gasteiger partial charge in [-0.25, -0.2) is 4.79 Å². The molecule has 0 radical (unpaired) electrons. The molecule has 0 aromatic heterocycles. The standard InChI is InChI=1S/C20H18N2O3/c1-13-17(19(21)23)7-4-8-18(13)22-20(24)25-12-14-9-10-15-5-2-3-6-16(15)11-14/h2-11H,12H2,1H3,(H2,21,23)(H,22,24). The number of amides is 2. The molecule has 0 fully saturated rings. The lowest BCUT2D eigenvalue weighted by molar-refractivity contribution is 0.0999. The molecule has 3 N–H and O–H groups in total. The SMILES string of the molecule is Cc1c(NC(=O)OCc2ccc3ccccc3c2)cccc1C(N)=O. The molecule has 3 aromatic carbocycles. The number of nitrogens with two attached hydrogens (primary N) is 1. The Labute approximate surface area is 145 Å². The summed E-state index contributed by atoms with van der Waals surface area (Å²) in [4.78, 5) is 23.4. The van der Waals surface area contributed by atoms with E-state index in [0.717, 1.165) is 16.3 Å². The quantitative estimate of drug-likeness (QED) is 0.757. The van der Waals surface area contributed by atoms with Crippen LogP contribution in [0.3, 0.4) is 0 Å². The number of hydrogen-bond donors (Lipinski definition) is 2. The number of ether oxygens (including phenoxy) is 1. The minimum absolute atomic E-state index is 0.158. The van der Waals surface area contributed by atoms with E-state index in [1.165, 1.54) is 0 Å². The minimum Gasteiger partial charge on any atom is -0.444 e. The highest BCUT2D eigenvalue weighted by Crippen LogP contribution is 2.19. The molecule has 0 aliphatic rings. The van der Waals surface area contributed by atoms with Gasteiger partial charge in [-0.15, -0.1) is 0 Å². The Morgan fingerprint density at radius 3 is 2.52 bits per heavy atom. The van der Waals surface area contributed by atoms with Crippen LogP contribution in [0.25, 0.3) is 10.8 Å². The van der Waals surface area contributed by atoms with Gasteiger partial charge in [0, 0.05) is 11.3 Å². The second-order valence-corrected chi connectivity index (χ2v) is 5.73. The molecule has 25 heavy (non-hydrogen) atoms. The molecular weight excluding hydrogens is 316 g/mol. The number of benzene rings is 3. The molecule has 3 aromatic rings. The van der Waals surface area contributed by atoms with Crippen LogP contribution >= 0.6 is 0 Å². The van der Waals surface area contributed by atoms with Gasteiger partial charge in [-0.05, 0) is 47.0 Å². The van der Waals surface area contributed by atoms with Gasteiger partial charge in [-0.3, -0.25) is 10.1 Å². The Kier molecular flexibility index (Phi) is 4.66. The zero-order valence-electron chi connectivity index (χ0n) is 13.8. The highest BCUT2D eigenvalue weighted by atomic mass is 16.5. The molecule has 0 atom stereocenters. The normalized spacial score (nSPS) is 10.4. The Bertz CT molecular complexity index is 951. The predicted molar refractivity (Wildman–Crippen MR) is 97.5 cm³/mol. The summed E-state index contributed by atoms with van der Waals surface area (Å²) in [6, 6.07) is 18.9. The van der Waals surface area contributed by atoms with Gasteiger partial charge in [0.1, 0.15) is 6.61 Å². The van der Waals surface area contributed by atoms with Gasteiger partial charge >= 0.3 is 6.09 Å². The monoisotopic (exact) mass is 334 g/mol. The highest BCUT2D eigenvalue weighted by Gasteiger charge is 2.11. The summed E-state index contributed by atoms with van der Waals surface area (Å²) in [7, 11) is 0. The van der Waals surface area contributed by atoms with Crippen LogP contribution in [0.2, 0.25) is 0 Å². The molecule has 5 heteroatoms. The molecule has 0 aliphatic heterocycles. The third-order valence-electron chi connectivity index (χ3n) is 4.02. The molecule has 0 aliphatic carbocycles. The number of anilines is 1. The summed E-state index contributed by atoms with van der Waals surface area (Å²) in [6.45, 7) is 1.88. The molecule has 5 nitrogen and oxygen atoms in total. The lowest BCUT2D eigenvalue weighted by Gasteiger charge is -2.11. The molecular formula is C20H18N2O3. The van der Waals surface area contributed by atoms with Gasteiger partial charge in [0.2, 0.25) is 5.91 Å². The number of carbonyl (C=O) groups is 2. The van der Waals surface area contributed by atoms with E-state index in [2.05, 4.69) is 5.32 Å². The average Bonchev–Trinajstić information content (AvgIpc) is 2.61. The smallest absolute Gasteiger partial charge is 0.411 e. The maximum absolute atomic E-state index is 12.0. The van der Waals surface area contributed by atoms with Crippen molar-refractivity contribution in [2.24, 2.45) is 5.73 Å². The van der Waals surface area contributed by atoms with Crippen LogP contribution in [-0.4, -0.2) is 12.0 Å². The number of primary amides is 1. The van der Waals surface area contributed by atoms with Crippen LogP contribution < -0.4 is 11.1 Å². The maximum Gasteiger partial charge on any atom is 0.411 e. The fourth-order valence-electron chi connectivity index (χ4n) is 2.66. The zero-order chi connectivity index (χ0) is 17.8. The van der Waals surface area contributed by atoms with Crippen LogP contribution in [-0.2, 0) is 11.3 Å². The number of carbonyl (C=O) groups excluding carboxylic acids is 2. The van der Waals surface area contributed by atoms with Crippen molar-refractivity contribution < 1.29 is 14.3 Å². The molecule has 0 saturated heterocycles. The third kappa shape index (κ3) is 3.77. The minimum atomic E-state index is -0.585. The number of nitrogens with one attached hydrogen (secondary N) is 1. The van der Waals surface area contributed by atoms with Gasteiger partial charge < -0.3 is 10.5 Å². The van der Waals surface area contributed by atoms with E-state index in [1.807, 2.05) is 42.5 Å². The molecule has 126 valence electrons. The number of fused-ring (bicyclic) bond motifs is 1. The topological polar surface area (TPSA) is 81.4 Å². The highest BCUT2D eigenvalue weighted by molar-refractivity contribution is 5.97. The molecule has 3 rings (SSSR count). The fourth-order valence-corrected chi connectivity index (χ4v) is 2.66. The summed E-state index contributed by atoms with van der Waals surface area (Å²) in [6.07, 6.45) is -0.585. The van der Waals surface area contributed by atoms with Crippen LogP contribution in [0.15, 0.2) is 60.7 Å². The van der Waals surface area contributed by atoms with E-state index < -0.39 is 12.0 Å². The van der Waals surface area contributed by atoms with Crippen LogP contribution in [0, 0.1) is 6.92 Å². The molecule has 2 amide bonds. The van der Waals surface area contributed by atoms with Crippen LogP contribution in [0.5, 0.6) is 0 Å². The van der Waals surface area contributed by atoms with Gasteiger partial charge in [0.05, 0.1) is 0 Å². The van der Waals surface area contributed by atoms with Crippen LogP contribution in [0.4, 0.5) is 10.5 Å². The van der Waals surface area contributed by atoms with Crippen molar-refractivity contribution in [3.05, 3.63) is 77.4 Å². The van der Waals surface area contributed by atoms with Crippen LogP contribution in [0.1, 0.15) is 21.5 Å². The van der Waals surface area contributed by atoms with Gasteiger partial charge in [-0.2, -0.15) is 0 Å². The summed E-state index contributed by atoms with van der Waals surface area (Å²) >= 11 is 0. The van der Waals surface area contributed by atoms with E-state index in [9.17, 15) is 9.59 Å². The molecule has 0 spiro atoms. The summed E-state index contributed by atoms with van der Waals surface area (Å²) in [5.74, 6) is -0.536. The Morgan fingerprint density at radius 2 is 1.76 bits per heavy atom. The molecule has 0 saturated carbocycles. The van der Waals surface area contributed by atoms with E-state index >= 15 is 0 Å². The summed E-state index contributed by atoms with van der Waals surface area (Å²) < 4.78 is 5.27. The first kappa shape index (κ1) is 16.5. The maximum atomic E-state index is 12.0. The average molecular weight is 334 g/mol. The van der Waals surface area contributed by atoms with Crippen molar-refractivity contribution in [2.75, 3.05) is 5.32 Å². The van der Waals surface area contributed by atoms with Crippen molar-refractivity contribution in [2.45, 2.75) is 13.5 Å². The van der Waals surface area contributed by atoms with E-state index in [4.69, 9.17) is 10.5 Å². The largest absolute Gasteiger partial charge is 0.444 e. The predicted octanol–water partition coefficient (Wildman–Crippen LogP) is 4.00. The lowest BCUT2D eigenvalue weighted by atomic mass is 10.1. The lowest BCUT2D eigenvalue weighted by Crippen LogP contribution is -2.17. The van der Waals surface area contributed by atoms with Gasteiger partial charge in [-0.1, -0.05) is 42.5 Å². The van der Waals surface area contributed by atoms with E-state index in [0.29, 0.717) is 16.8 Å². The van der Waals surface area contributed by atoms with Gasteiger partial charge in [0.25, 0.3) is 0 Å². The molecule has 0 heterocycles. The number of hydrogen-bond acceptors (Lipinski definition) is 3. The van der Waals surface area contributed by atoms with Gasteiger partial charge in [0.15, 0.2) is 0 Å². The van der Waals surface area contributed by atoms with Crippen molar-refractivity contribution in [1.82, 2.24) is 0 Å². The Hall–Kier alpha value is -3.34. The van der Waals surface area contributed by atoms with Crippen molar-refractivity contribution >= 4 is 28.5 Å². The molecule has 0 unspecified atom stereocenters. The first-order valence-corrected chi connectivity index (χ1v) is 7.85. The van der Waals surface area contributed by atoms with E-state index in [-0.39, 0.29) is 6.61 Å². The summed E-state index contributed by atoms with van der Waals surface area (Å²) in [5, 5.41) is 4.87. The van der Waals surface area contributed by atoms with Crippen molar-refractivity contribution in [3.63, 3.8) is 0 Å². The van der Waals surface area contributed by atoms with Crippen molar-refractivity contribution in [1.29, 1.82) is 0 Å². The van der Waals surface area contributed by atoms with E-state index in [1.54, 1.807) is 25.1 Å². The Balaban J connectivity index is 1.66. The third-order valence-corrected chi connectivity index (χ3v) is 4.02. The first-order valence-electron chi connectivity index (χ1n) is 7.85. The Morgan fingerprint density at radius 1 is 1.00 bits per heavy atom. The second-order valence-electron chi connectivity index (χ2n) is 5.73. The second kappa shape index (κ2) is 7.05. The molecule has 0 bridgehead atoms. The summed E-state index contributed by atoms with van der Waals surface area (Å²) in [5.41, 5.74) is 7.69. The zero-order valence-corrected chi connectivity index (χ0v) is 13.8. The first-order chi connectivity index (χ1) is 12.0.